The van der Waals surface area contributed by atoms with Gasteiger partial charge in [-0.15, -0.1) is 0 Å². The van der Waals surface area contributed by atoms with Crippen LogP contribution >= 0.6 is 0 Å². The number of aromatic nitrogens is 2. The molecular formula is C21H29FN4O5S2. The summed E-state index contributed by atoms with van der Waals surface area (Å²) in [6.45, 7) is 4.90. The number of sulfonamides is 2. The van der Waals surface area contributed by atoms with Crippen LogP contribution in [-0.2, 0) is 26.6 Å². The molecular weight excluding hydrogens is 471 g/mol. The maximum absolute atomic E-state index is 13.2. The highest BCUT2D eigenvalue weighted by molar-refractivity contribution is 7.89. The third-order valence-corrected chi connectivity index (χ3v) is 8.29. The van der Waals surface area contributed by atoms with E-state index in [-0.39, 0.29) is 41.8 Å². The van der Waals surface area contributed by atoms with E-state index in [0.717, 1.165) is 0 Å². The molecule has 182 valence electrons. The Balaban J connectivity index is 1.69. The van der Waals surface area contributed by atoms with E-state index in [4.69, 9.17) is 4.74 Å². The van der Waals surface area contributed by atoms with Crippen molar-refractivity contribution < 1.29 is 26.0 Å². The standard InChI is InChI=1S/C21H29FN4O5S2/c1-16(2)14-26(15-17-4-6-18(22)7-5-17)33(29,30)20-12-23-21(24-13-20)31-19-8-10-25(11-9-19)32(3,27)28/h4-7,12-13,16,19H,8-11,14-15H2,1-3H3. The number of halogens is 1. The third kappa shape index (κ3) is 6.92. The van der Waals surface area contributed by atoms with Crippen LogP contribution in [0.2, 0.25) is 0 Å². The van der Waals surface area contributed by atoms with E-state index < -0.39 is 20.0 Å². The Morgan fingerprint density at radius 3 is 2.18 bits per heavy atom. The Labute approximate surface area is 194 Å². The minimum atomic E-state index is -3.89. The number of piperidine rings is 1. The number of nitrogens with zero attached hydrogens (tertiary/aromatic N) is 4. The highest BCUT2D eigenvalue weighted by atomic mass is 32.2. The highest BCUT2D eigenvalue weighted by Gasteiger charge is 2.28. The molecule has 0 amide bonds. The molecule has 1 aromatic carbocycles. The first kappa shape index (κ1) is 25.5. The van der Waals surface area contributed by atoms with Crippen molar-refractivity contribution in [3.05, 3.63) is 48.0 Å². The van der Waals surface area contributed by atoms with Crippen LogP contribution in [0.1, 0.15) is 32.3 Å². The zero-order chi connectivity index (χ0) is 24.2. The average Bonchev–Trinajstić information content (AvgIpc) is 2.74. The van der Waals surface area contributed by atoms with Crippen molar-refractivity contribution in [3.8, 4) is 6.01 Å². The molecule has 33 heavy (non-hydrogen) atoms. The molecule has 1 aliphatic rings. The number of rotatable bonds is 9. The van der Waals surface area contributed by atoms with Crippen molar-refractivity contribution >= 4 is 20.0 Å². The van der Waals surface area contributed by atoms with E-state index in [1.807, 2.05) is 13.8 Å². The lowest BCUT2D eigenvalue weighted by Gasteiger charge is -2.29. The van der Waals surface area contributed by atoms with Gasteiger partial charge in [-0.25, -0.2) is 35.5 Å². The summed E-state index contributed by atoms with van der Waals surface area (Å²) in [7, 11) is -7.12. The summed E-state index contributed by atoms with van der Waals surface area (Å²) in [5.41, 5.74) is 0.668. The van der Waals surface area contributed by atoms with Crippen LogP contribution in [0, 0.1) is 11.7 Å². The zero-order valence-electron chi connectivity index (χ0n) is 18.9. The SMILES string of the molecule is CC(C)CN(Cc1ccc(F)cc1)S(=O)(=O)c1cnc(OC2CCN(S(C)(=O)=O)CC2)nc1. The van der Waals surface area contributed by atoms with Crippen molar-refractivity contribution in [3.63, 3.8) is 0 Å². The fourth-order valence-electron chi connectivity index (χ4n) is 3.53. The van der Waals surface area contributed by atoms with Gasteiger partial charge in [0.25, 0.3) is 0 Å². The van der Waals surface area contributed by atoms with Crippen molar-refractivity contribution in [2.75, 3.05) is 25.9 Å². The highest BCUT2D eigenvalue weighted by Crippen LogP contribution is 2.22. The Morgan fingerprint density at radius 1 is 1.09 bits per heavy atom. The van der Waals surface area contributed by atoms with Crippen molar-refractivity contribution in [2.45, 2.75) is 44.2 Å². The molecule has 0 aliphatic carbocycles. The molecule has 1 aromatic heterocycles. The van der Waals surface area contributed by atoms with Gasteiger partial charge < -0.3 is 4.74 Å². The second-order valence-corrected chi connectivity index (χ2v) is 12.4. The molecule has 9 nitrogen and oxygen atoms in total. The maximum Gasteiger partial charge on any atom is 0.316 e. The fourth-order valence-corrected chi connectivity index (χ4v) is 5.88. The molecule has 1 fully saturated rings. The van der Waals surface area contributed by atoms with Crippen LogP contribution in [-0.4, -0.2) is 67.4 Å². The van der Waals surface area contributed by atoms with Crippen LogP contribution < -0.4 is 4.74 Å². The molecule has 1 aliphatic heterocycles. The lowest BCUT2D eigenvalue weighted by molar-refractivity contribution is 0.124. The van der Waals surface area contributed by atoms with Gasteiger partial charge in [-0.2, -0.15) is 4.31 Å². The van der Waals surface area contributed by atoms with Gasteiger partial charge in [-0.1, -0.05) is 26.0 Å². The molecule has 0 saturated carbocycles. The van der Waals surface area contributed by atoms with Gasteiger partial charge in [-0.3, -0.25) is 0 Å². The normalized spacial score (nSPS) is 16.4. The van der Waals surface area contributed by atoms with Crippen molar-refractivity contribution in [2.24, 2.45) is 5.92 Å². The molecule has 0 N–H and O–H groups in total. The lowest BCUT2D eigenvalue weighted by Crippen LogP contribution is -2.41. The summed E-state index contributed by atoms with van der Waals surface area (Å²) >= 11 is 0. The minimum absolute atomic E-state index is 0.0423. The first-order chi connectivity index (χ1) is 15.4. The van der Waals surface area contributed by atoms with Gasteiger partial charge in [0.1, 0.15) is 16.8 Å². The van der Waals surface area contributed by atoms with Crippen LogP contribution in [0.4, 0.5) is 4.39 Å². The van der Waals surface area contributed by atoms with E-state index in [2.05, 4.69) is 9.97 Å². The topological polar surface area (TPSA) is 110 Å². The molecule has 0 radical (unpaired) electrons. The smallest absolute Gasteiger partial charge is 0.316 e. The van der Waals surface area contributed by atoms with Crippen LogP contribution in [0.3, 0.4) is 0 Å². The molecule has 0 atom stereocenters. The minimum Gasteiger partial charge on any atom is -0.460 e. The molecule has 1 saturated heterocycles. The summed E-state index contributed by atoms with van der Waals surface area (Å²) in [4.78, 5) is 8.07. The Kier molecular flexibility index (Phi) is 8.04. The van der Waals surface area contributed by atoms with Crippen molar-refractivity contribution in [1.82, 2.24) is 18.6 Å². The van der Waals surface area contributed by atoms with Gasteiger partial charge >= 0.3 is 6.01 Å². The number of benzene rings is 1. The zero-order valence-corrected chi connectivity index (χ0v) is 20.5. The molecule has 0 unspecified atom stereocenters. The van der Waals surface area contributed by atoms with Crippen molar-refractivity contribution in [1.29, 1.82) is 0 Å². The van der Waals surface area contributed by atoms with Gasteiger partial charge in [0.05, 0.1) is 18.6 Å². The van der Waals surface area contributed by atoms with Gasteiger partial charge in [-0.05, 0) is 36.5 Å². The summed E-state index contributed by atoms with van der Waals surface area (Å²) in [5.74, 6) is -0.315. The Morgan fingerprint density at radius 2 is 1.67 bits per heavy atom. The first-order valence-electron chi connectivity index (χ1n) is 10.6. The molecule has 12 heteroatoms. The first-order valence-corrected chi connectivity index (χ1v) is 13.9. The third-order valence-electron chi connectivity index (χ3n) is 5.23. The summed E-state index contributed by atoms with van der Waals surface area (Å²) in [6, 6.07) is 5.75. The average molecular weight is 501 g/mol. The quantitative estimate of drug-likeness (QED) is 0.519. The Hall–Kier alpha value is -2.15. The van der Waals surface area contributed by atoms with E-state index in [0.29, 0.717) is 31.5 Å². The van der Waals surface area contributed by atoms with Crippen LogP contribution in [0.25, 0.3) is 0 Å². The Bertz CT molecular complexity index is 1130. The lowest BCUT2D eigenvalue weighted by atomic mass is 10.1. The largest absolute Gasteiger partial charge is 0.460 e. The predicted molar refractivity (Wildman–Crippen MR) is 121 cm³/mol. The number of hydrogen-bond acceptors (Lipinski definition) is 7. The summed E-state index contributed by atoms with van der Waals surface area (Å²) in [6.07, 6.45) is 4.34. The van der Waals surface area contributed by atoms with Crippen LogP contribution in [0.15, 0.2) is 41.6 Å². The van der Waals surface area contributed by atoms with E-state index in [1.165, 1.54) is 39.4 Å². The van der Waals surface area contributed by atoms with E-state index in [9.17, 15) is 21.2 Å². The van der Waals surface area contributed by atoms with E-state index >= 15 is 0 Å². The molecule has 0 bridgehead atoms. The molecule has 2 aromatic rings. The number of hydrogen-bond donors (Lipinski definition) is 0. The second-order valence-electron chi connectivity index (χ2n) is 8.50. The monoisotopic (exact) mass is 500 g/mol. The van der Waals surface area contributed by atoms with Crippen LogP contribution in [0.5, 0.6) is 6.01 Å². The second kappa shape index (κ2) is 10.4. The van der Waals surface area contributed by atoms with Gasteiger partial charge in [0.2, 0.25) is 20.0 Å². The molecule has 2 heterocycles. The summed E-state index contributed by atoms with van der Waals surface area (Å²) in [5, 5.41) is 0. The maximum atomic E-state index is 13.2. The fraction of sp³-hybridized carbons (Fsp3) is 0.524. The summed E-state index contributed by atoms with van der Waals surface area (Å²) < 4.78 is 71.4. The molecule has 3 rings (SSSR count). The predicted octanol–water partition coefficient (Wildman–Crippen LogP) is 2.27. The molecule has 0 spiro atoms. The van der Waals surface area contributed by atoms with Gasteiger partial charge in [0, 0.05) is 26.2 Å². The van der Waals surface area contributed by atoms with E-state index in [1.54, 1.807) is 12.1 Å². The van der Waals surface area contributed by atoms with Gasteiger partial charge in [0.15, 0.2) is 0 Å². The number of ether oxygens (including phenoxy) is 1.